The van der Waals surface area contributed by atoms with Crippen molar-refractivity contribution in [3.63, 3.8) is 0 Å². The summed E-state index contributed by atoms with van der Waals surface area (Å²) in [6.45, 7) is 0. The number of nitrogens with zero attached hydrogens (tertiary/aromatic N) is 2. The Morgan fingerprint density at radius 1 is 0.864 bits per heavy atom. The van der Waals surface area contributed by atoms with Crippen molar-refractivity contribution in [2.75, 3.05) is 19.0 Å². The average molecular weight is 287 g/mol. The summed E-state index contributed by atoms with van der Waals surface area (Å²) < 4.78 is 0. The third-order valence-corrected chi connectivity index (χ3v) is 4.03. The fourth-order valence-electron chi connectivity index (χ4n) is 2.80. The highest BCUT2D eigenvalue weighted by molar-refractivity contribution is 6.04. The summed E-state index contributed by atoms with van der Waals surface area (Å²) in [5, 5.41) is 2.41. The first-order valence-electron chi connectivity index (χ1n) is 7.37. The first kappa shape index (κ1) is 12.9. The fraction of sp³-hybridized carbons (Fsp3) is 0.105. The standard InChI is InChI=1S/C19H17N3/c1-22(2)15-10-7-14(8-11-15)19-20-17-12-9-13-5-3-4-6-16(13)18(17)21-19/h3-12H,1-2H3,(H,20,21). The first-order chi connectivity index (χ1) is 10.7. The van der Waals surface area contributed by atoms with Gasteiger partial charge in [-0.3, -0.25) is 0 Å². The lowest BCUT2D eigenvalue weighted by Crippen LogP contribution is -2.07. The van der Waals surface area contributed by atoms with Crippen LogP contribution < -0.4 is 4.90 Å². The minimum Gasteiger partial charge on any atom is -0.378 e. The number of aromatic amines is 1. The van der Waals surface area contributed by atoms with Crippen LogP contribution in [0.3, 0.4) is 0 Å². The number of H-pyrrole nitrogens is 1. The minimum absolute atomic E-state index is 0.914. The molecule has 3 aromatic carbocycles. The molecule has 1 N–H and O–H groups in total. The molecule has 0 amide bonds. The molecule has 4 rings (SSSR count). The molecule has 3 heteroatoms. The van der Waals surface area contributed by atoms with Gasteiger partial charge in [-0.05, 0) is 35.7 Å². The Hall–Kier alpha value is -2.81. The maximum absolute atomic E-state index is 4.82. The van der Waals surface area contributed by atoms with E-state index in [1.165, 1.54) is 16.5 Å². The van der Waals surface area contributed by atoms with Gasteiger partial charge in [-0.2, -0.15) is 0 Å². The second-order valence-corrected chi connectivity index (χ2v) is 5.71. The van der Waals surface area contributed by atoms with Crippen LogP contribution in [0.4, 0.5) is 5.69 Å². The van der Waals surface area contributed by atoms with Crippen molar-refractivity contribution in [1.82, 2.24) is 9.97 Å². The molecule has 0 bridgehead atoms. The molecular weight excluding hydrogens is 270 g/mol. The lowest BCUT2D eigenvalue weighted by molar-refractivity contribution is 1.13. The van der Waals surface area contributed by atoms with Crippen LogP contribution in [0.15, 0.2) is 60.7 Å². The van der Waals surface area contributed by atoms with Gasteiger partial charge in [0.05, 0.1) is 11.0 Å². The lowest BCUT2D eigenvalue weighted by atomic mass is 10.1. The summed E-state index contributed by atoms with van der Waals surface area (Å²) in [7, 11) is 4.09. The van der Waals surface area contributed by atoms with E-state index >= 15 is 0 Å². The molecule has 0 aliphatic heterocycles. The van der Waals surface area contributed by atoms with Crippen LogP contribution in [0.1, 0.15) is 0 Å². The lowest BCUT2D eigenvalue weighted by Gasteiger charge is -2.11. The largest absolute Gasteiger partial charge is 0.378 e. The molecule has 0 fully saturated rings. The average Bonchev–Trinajstić information content (AvgIpc) is 2.99. The molecule has 0 aliphatic carbocycles. The molecule has 0 radical (unpaired) electrons. The highest BCUT2D eigenvalue weighted by atomic mass is 15.1. The molecule has 3 nitrogen and oxygen atoms in total. The van der Waals surface area contributed by atoms with Crippen LogP contribution in [0, 0.1) is 0 Å². The van der Waals surface area contributed by atoms with E-state index in [-0.39, 0.29) is 0 Å². The SMILES string of the molecule is CN(C)c1ccc(-c2nc3c(ccc4ccccc43)[nH]2)cc1. The van der Waals surface area contributed by atoms with Gasteiger partial charge in [0.25, 0.3) is 0 Å². The molecule has 4 aromatic rings. The number of nitrogens with one attached hydrogen (secondary N) is 1. The Morgan fingerprint density at radius 2 is 1.64 bits per heavy atom. The van der Waals surface area contributed by atoms with Gasteiger partial charge in [0.1, 0.15) is 5.82 Å². The van der Waals surface area contributed by atoms with Crippen molar-refractivity contribution in [3.8, 4) is 11.4 Å². The molecule has 0 saturated heterocycles. The Labute approximate surface area is 129 Å². The summed E-state index contributed by atoms with van der Waals surface area (Å²) in [5.41, 5.74) is 4.39. The summed E-state index contributed by atoms with van der Waals surface area (Å²) in [6.07, 6.45) is 0. The zero-order chi connectivity index (χ0) is 15.1. The molecule has 1 heterocycles. The monoisotopic (exact) mass is 287 g/mol. The molecule has 0 spiro atoms. The predicted molar refractivity (Wildman–Crippen MR) is 93.4 cm³/mol. The number of aromatic nitrogens is 2. The van der Waals surface area contributed by atoms with E-state index in [0.717, 1.165) is 22.4 Å². The quantitative estimate of drug-likeness (QED) is 0.590. The highest BCUT2D eigenvalue weighted by Crippen LogP contribution is 2.27. The van der Waals surface area contributed by atoms with Gasteiger partial charge in [-0.15, -0.1) is 0 Å². The van der Waals surface area contributed by atoms with Gasteiger partial charge in [0.2, 0.25) is 0 Å². The second-order valence-electron chi connectivity index (χ2n) is 5.71. The predicted octanol–water partition coefficient (Wildman–Crippen LogP) is 4.45. The van der Waals surface area contributed by atoms with Crippen molar-refractivity contribution >= 4 is 27.5 Å². The van der Waals surface area contributed by atoms with Crippen molar-refractivity contribution in [2.45, 2.75) is 0 Å². The van der Waals surface area contributed by atoms with Crippen molar-refractivity contribution in [2.24, 2.45) is 0 Å². The molecular formula is C19H17N3. The van der Waals surface area contributed by atoms with Crippen molar-refractivity contribution < 1.29 is 0 Å². The van der Waals surface area contributed by atoms with Crippen LogP contribution in [-0.4, -0.2) is 24.1 Å². The van der Waals surface area contributed by atoms with Gasteiger partial charge in [-0.1, -0.05) is 30.3 Å². The smallest absolute Gasteiger partial charge is 0.138 e. The van der Waals surface area contributed by atoms with E-state index < -0.39 is 0 Å². The minimum atomic E-state index is 0.914. The number of imidazole rings is 1. The third-order valence-electron chi connectivity index (χ3n) is 4.03. The maximum atomic E-state index is 4.82. The van der Waals surface area contributed by atoms with Gasteiger partial charge in [-0.25, -0.2) is 4.98 Å². The van der Waals surface area contributed by atoms with Gasteiger partial charge in [0, 0.05) is 30.7 Å². The number of rotatable bonds is 2. The molecule has 108 valence electrons. The van der Waals surface area contributed by atoms with E-state index in [1.54, 1.807) is 0 Å². The van der Waals surface area contributed by atoms with E-state index in [9.17, 15) is 0 Å². The van der Waals surface area contributed by atoms with Crippen molar-refractivity contribution in [1.29, 1.82) is 0 Å². The topological polar surface area (TPSA) is 31.9 Å². The summed E-state index contributed by atoms with van der Waals surface area (Å²) >= 11 is 0. The van der Waals surface area contributed by atoms with Crippen LogP contribution in [0.5, 0.6) is 0 Å². The fourth-order valence-corrected chi connectivity index (χ4v) is 2.80. The number of anilines is 1. The highest BCUT2D eigenvalue weighted by Gasteiger charge is 2.08. The van der Waals surface area contributed by atoms with Crippen LogP contribution >= 0.6 is 0 Å². The number of hydrogen-bond donors (Lipinski definition) is 1. The first-order valence-corrected chi connectivity index (χ1v) is 7.37. The van der Waals surface area contributed by atoms with Gasteiger partial charge >= 0.3 is 0 Å². The molecule has 0 atom stereocenters. The molecule has 0 aliphatic rings. The normalized spacial score (nSPS) is 11.2. The molecule has 0 unspecified atom stereocenters. The Balaban J connectivity index is 1.87. The van der Waals surface area contributed by atoms with E-state index in [1.807, 2.05) is 14.1 Å². The van der Waals surface area contributed by atoms with E-state index in [0.29, 0.717) is 0 Å². The maximum Gasteiger partial charge on any atom is 0.138 e. The zero-order valence-electron chi connectivity index (χ0n) is 12.7. The van der Waals surface area contributed by atoms with Crippen LogP contribution in [0.25, 0.3) is 33.2 Å². The number of hydrogen-bond acceptors (Lipinski definition) is 2. The van der Waals surface area contributed by atoms with Crippen molar-refractivity contribution in [3.05, 3.63) is 60.7 Å². The molecule has 1 aromatic heterocycles. The van der Waals surface area contributed by atoms with Crippen LogP contribution in [-0.2, 0) is 0 Å². The Bertz CT molecular complexity index is 949. The molecule has 22 heavy (non-hydrogen) atoms. The second kappa shape index (κ2) is 4.88. The number of benzene rings is 3. The van der Waals surface area contributed by atoms with Gasteiger partial charge < -0.3 is 9.88 Å². The zero-order valence-corrected chi connectivity index (χ0v) is 12.7. The summed E-state index contributed by atoms with van der Waals surface area (Å²) in [5.74, 6) is 0.914. The third kappa shape index (κ3) is 2.02. The van der Waals surface area contributed by atoms with Crippen LogP contribution in [0.2, 0.25) is 0 Å². The van der Waals surface area contributed by atoms with E-state index in [2.05, 4.69) is 70.5 Å². The Kier molecular flexibility index (Phi) is 2.86. The summed E-state index contributed by atoms with van der Waals surface area (Å²) in [6, 6.07) is 21.0. The Morgan fingerprint density at radius 3 is 2.41 bits per heavy atom. The van der Waals surface area contributed by atoms with Gasteiger partial charge in [0.15, 0.2) is 0 Å². The summed E-state index contributed by atoms with van der Waals surface area (Å²) in [4.78, 5) is 10.3. The van der Waals surface area contributed by atoms with E-state index in [4.69, 9.17) is 4.98 Å². The number of fused-ring (bicyclic) bond motifs is 3. The molecule has 0 saturated carbocycles.